The number of nitrogen functional groups attached to an aromatic ring is 2. The SMILES string of the molecule is CC=Nc1ccc(N)cc1.CCN(CC)c1ccc(N)cc1. The summed E-state index contributed by atoms with van der Waals surface area (Å²) in [7, 11) is 0. The van der Waals surface area contributed by atoms with E-state index in [4.69, 9.17) is 11.5 Å². The van der Waals surface area contributed by atoms with Crippen LogP contribution in [0.25, 0.3) is 0 Å². The first-order valence-electron chi connectivity index (χ1n) is 7.55. The molecule has 0 saturated heterocycles. The number of aliphatic imine (C=N–C) groups is 1. The molecule has 4 N–H and O–H groups in total. The molecule has 0 atom stereocenters. The fraction of sp³-hybridized carbons (Fsp3) is 0.278. The average molecular weight is 298 g/mol. The summed E-state index contributed by atoms with van der Waals surface area (Å²) in [5, 5.41) is 0. The van der Waals surface area contributed by atoms with Crippen molar-refractivity contribution in [3.05, 3.63) is 48.5 Å². The van der Waals surface area contributed by atoms with Crippen LogP contribution in [0.5, 0.6) is 0 Å². The molecule has 22 heavy (non-hydrogen) atoms. The molecule has 0 fully saturated rings. The van der Waals surface area contributed by atoms with Crippen molar-refractivity contribution in [3.63, 3.8) is 0 Å². The summed E-state index contributed by atoms with van der Waals surface area (Å²) in [5.41, 5.74) is 14.8. The number of benzene rings is 2. The van der Waals surface area contributed by atoms with E-state index < -0.39 is 0 Å². The molecule has 0 radical (unpaired) electrons. The topological polar surface area (TPSA) is 67.6 Å². The van der Waals surface area contributed by atoms with Gasteiger partial charge in [0.15, 0.2) is 0 Å². The molecular weight excluding hydrogens is 272 g/mol. The summed E-state index contributed by atoms with van der Waals surface area (Å²) in [4.78, 5) is 6.36. The number of rotatable bonds is 4. The van der Waals surface area contributed by atoms with Crippen LogP contribution >= 0.6 is 0 Å². The first-order valence-corrected chi connectivity index (χ1v) is 7.55. The lowest BCUT2D eigenvalue weighted by atomic mass is 10.2. The lowest BCUT2D eigenvalue weighted by Crippen LogP contribution is -2.21. The quantitative estimate of drug-likeness (QED) is 0.659. The number of nitrogens with zero attached hydrogens (tertiary/aromatic N) is 2. The van der Waals surface area contributed by atoms with Crippen molar-refractivity contribution in [1.29, 1.82) is 0 Å². The Hall–Kier alpha value is -2.49. The number of hydrogen-bond acceptors (Lipinski definition) is 4. The van der Waals surface area contributed by atoms with Gasteiger partial charge in [0.25, 0.3) is 0 Å². The molecule has 0 unspecified atom stereocenters. The molecule has 2 rings (SSSR count). The molecule has 2 aromatic rings. The minimum Gasteiger partial charge on any atom is -0.399 e. The van der Waals surface area contributed by atoms with Crippen molar-refractivity contribution in [3.8, 4) is 0 Å². The van der Waals surface area contributed by atoms with Crippen LogP contribution in [0.1, 0.15) is 20.8 Å². The van der Waals surface area contributed by atoms with Gasteiger partial charge in [-0.2, -0.15) is 0 Å². The molecule has 0 heterocycles. The van der Waals surface area contributed by atoms with Crippen LogP contribution in [0, 0.1) is 0 Å². The summed E-state index contributed by atoms with van der Waals surface area (Å²) in [6.07, 6.45) is 1.76. The van der Waals surface area contributed by atoms with Gasteiger partial charge in [-0.05, 0) is 69.3 Å². The van der Waals surface area contributed by atoms with E-state index in [1.54, 1.807) is 6.21 Å². The molecule has 0 spiro atoms. The molecule has 118 valence electrons. The van der Waals surface area contributed by atoms with Crippen LogP contribution in [0.4, 0.5) is 22.7 Å². The van der Waals surface area contributed by atoms with Gasteiger partial charge in [0.2, 0.25) is 0 Å². The maximum atomic E-state index is 5.59. The molecule has 0 saturated carbocycles. The van der Waals surface area contributed by atoms with Crippen molar-refractivity contribution >= 4 is 29.0 Å². The highest BCUT2D eigenvalue weighted by molar-refractivity contribution is 5.61. The maximum Gasteiger partial charge on any atom is 0.0627 e. The minimum atomic E-state index is 0.773. The summed E-state index contributed by atoms with van der Waals surface area (Å²) in [5.74, 6) is 0. The predicted octanol–water partition coefficient (Wildman–Crippen LogP) is 4.11. The zero-order valence-corrected chi connectivity index (χ0v) is 13.7. The zero-order valence-electron chi connectivity index (χ0n) is 13.7. The van der Waals surface area contributed by atoms with Crippen molar-refractivity contribution in [2.24, 2.45) is 4.99 Å². The molecule has 0 aliphatic rings. The van der Waals surface area contributed by atoms with Crippen LogP contribution in [0.3, 0.4) is 0 Å². The van der Waals surface area contributed by atoms with Gasteiger partial charge in [-0.15, -0.1) is 0 Å². The fourth-order valence-electron chi connectivity index (χ4n) is 1.98. The van der Waals surface area contributed by atoms with Crippen molar-refractivity contribution < 1.29 is 0 Å². The lowest BCUT2D eigenvalue weighted by Gasteiger charge is -2.20. The van der Waals surface area contributed by atoms with E-state index in [0.717, 1.165) is 30.2 Å². The van der Waals surface area contributed by atoms with Crippen molar-refractivity contribution in [2.75, 3.05) is 29.5 Å². The van der Waals surface area contributed by atoms with Crippen molar-refractivity contribution in [2.45, 2.75) is 20.8 Å². The average Bonchev–Trinajstić information content (AvgIpc) is 2.53. The van der Waals surface area contributed by atoms with Crippen LogP contribution in [0.2, 0.25) is 0 Å². The van der Waals surface area contributed by atoms with Gasteiger partial charge in [-0.1, -0.05) is 0 Å². The largest absolute Gasteiger partial charge is 0.399 e. The molecule has 2 aromatic carbocycles. The molecule has 4 nitrogen and oxygen atoms in total. The van der Waals surface area contributed by atoms with E-state index in [9.17, 15) is 0 Å². The second-order valence-corrected chi connectivity index (χ2v) is 4.74. The highest BCUT2D eigenvalue weighted by Crippen LogP contribution is 2.15. The number of anilines is 3. The Morgan fingerprint density at radius 2 is 1.32 bits per heavy atom. The van der Waals surface area contributed by atoms with Crippen LogP contribution in [-0.2, 0) is 0 Å². The second kappa shape index (κ2) is 9.45. The maximum absolute atomic E-state index is 5.59. The molecule has 0 aliphatic heterocycles. The van der Waals surface area contributed by atoms with E-state index in [0.29, 0.717) is 0 Å². The van der Waals surface area contributed by atoms with E-state index in [1.807, 2.05) is 43.3 Å². The van der Waals surface area contributed by atoms with Gasteiger partial charge >= 0.3 is 0 Å². The third-order valence-electron chi connectivity index (χ3n) is 3.19. The summed E-state index contributed by atoms with van der Waals surface area (Å²) >= 11 is 0. The normalized spacial score (nSPS) is 10.1. The Morgan fingerprint density at radius 1 is 0.864 bits per heavy atom. The van der Waals surface area contributed by atoms with Crippen LogP contribution in [0.15, 0.2) is 53.5 Å². The molecular formula is C18H26N4. The minimum absolute atomic E-state index is 0.773. The van der Waals surface area contributed by atoms with Crippen LogP contribution in [-0.4, -0.2) is 19.3 Å². The van der Waals surface area contributed by atoms with Gasteiger partial charge in [0.1, 0.15) is 0 Å². The summed E-state index contributed by atoms with van der Waals surface area (Å²) in [6, 6.07) is 15.4. The highest BCUT2D eigenvalue weighted by Gasteiger charge is 1.99. The Kier molecular flexibility index (Phi) is 7.54. The lowest BCUT2D eigenvalue weighted by molar-refractivity contribution is 0.866. The summed E-state index contributed by atoms with van der Waals surface area (Å²) in [6.45, 7) is 8.27. The van der Waals surface area contributed by atoms with Gasteiger partial charge in [0.05, 0.1) is 5.69 Å². The first kappa shape index (κ1) is 17.6. The third kappa shape index (κ3) is 5.87. The van der Waals surface area contributed by atoms with E-state index in [2.05, 4.69) is 35.9 Å². The molecule has 4 heteroatoms. The molecule has 0 bridgehead atoms. The Labute approximate surface area is 133 Å². The Bertz CT molecular complexity index is 555. The van der Waals surface area contributed by atoms with Crippen LogP contribution < -0.4 is 16.4 Å². The Balaban J connectivity index is 0.000000224. The zero-order chi connectivity index (χ0) is 16.4. The monoisotopic (exact) mass is 298 g/mol. The number of nitrogens with two attached hydrogens (primary N) is 2. The molecule has 0 aliphatic carbocycles. The number of hydrogen-bond donors (Lipinski definition) is 2. The molecule has 0 amide bonds. The first-order chi connectivity index (χ1) is 10.6. The third-order valence-corrected chi connectivity index (χ3v) is 3.19. The van der Waals surface area contributed by atoms with Gasteiger partial charge < -0.3 is 16.4 Å². The predicted molar refractivity (Wildman–Crippen MR) is 99.1 cm³/mol. The van der Waals surface area contributed by atoms with E-state index >= 15 is 0 Å². The standard InChI is InChI=1S/C10H16N2.C8H10N2/c1-3-12(4-2)10-7-5-9(11)6-8-10;1-2-10-8-5-3-7(9)4-6-8/h5-8H,3-4,11H2,1-2H3;2-6H,9H2,1H3. The Morgan fingerprint density at radius 3 is 1.73 bits per heavy atom. The van der Waals surface area contributed by atoms with E-state index in [-0.39, 0.29) is 0 Å². The fourth-order valence-corrected chi connectivity index (χ4v) is 1.98. The van der Waals surface area contributed by atoms with Crippen molar-refractivity contribution in [1.82, 2.24) is 0 Å². The second-order valence-electron chi connectivity index (χ2n) is 4.74. The summed E-state index contributed by atoms with van der Waals surface area (Å²) < 4.78 is 0. The van der Waals surface area contributed by atoms with E-state index in [1.165, 1.54) is 5.69 Å². The highest BCUT2D eigenvalue weighted by atomic mass is 15.1. The smallest absolute Gasteiger partial charge is 0.0627 e. The van der Waals surface area contributed by atoms with Gasteiger partial charge in [0, 0.05) is 36.4 Å². The van der Waals surface area contributed by atoms with Gasteiger partial charge in [-0.25, -0.2) is 0 Å². The van der Waals surface area contributed by atoms with Gasteiger partial charge in [-0.3, -0.25) is 4.99 Å². The molecule has 0 aromatic heterocycles.